The van der Waals surface area contributed by atoms with Gasteiger partial charge in [-0.2, -0.15) is 5.26 Å². The number of aromatic nitrogens is 2. The third kappa shape index (κ3) is 2.61. The molecule has 2 aromatic heterocycles. The molecular formula is C17H16N4O2S. The zero-order valence-corrected chi connectivity index (χ0v) is 14.2. The van der Waals surface area contributed by atoms with Crippen molar-refractivity contribution in [3.8, 4) is 11.8 Å². The van der Waals surface area contributed by atoms with E-state index in [0.717, 1.165) is 33.8 Å². The van der Waals surface area contributed by atoms with Gasteiger partial charge in [0.1, 0.15) is 6.07 Å². The number of carbonyl (C=O) groups excluding carboxylic acids is 1. The van der Waals surface area contributed by atoms with E-state index >= 15 is 0 Å². The number of ether oxygens (including phenoxy) is 1. The fourth-order valence-electron chi connectivity index (χ4n) is 2.55. The Morgan fingerprint density at radius 1 is 1.50 bits per heavy atom. The van der Waals surface area contributed by atoms with Gasteiger partial charge >= 0.3 is 5.97 Å². The first-order chi connectivity index (χ1) is 11.6. The number of carbonyl (C=O) groups is 1. The van der Waals surface area contributed by atoms with Gasteiger partial charge in [-0.1, -0.05) is 6.92 Å². The normalized spacial score (nSPS) is 10.7. The number of hydrogen-bond acceptors (Lipinski definition) is 6. The molecular weight excluding hydrogens is 324 g/mol. The van der Waals surface area contributed by atoms with Crippen molar-refractivity contribution in [3.05, 3.63) is 40.7 Å². The molecule has 0 amide bonds. The molecule has 0 aliphatic carbocycles. The molecule has 2 heterocycles. The van der Waals surface area contributed by atoms with Crippen molar-refractivity contribution in [1.29, 1.82) is 5.26 Å². The van der Waals surface area contributed by atoms with Crippen molar-refractivity contribution in [1.82, 2.24) is 9.55 Å². The Hall–Kier alpha value is -2.85. The Labute approximate surface area is 143 Å². The number of benzene rings is 1. The number of nitrogens with zero attached hydrogens (tertiary/aromatic N) is 3. The minimum Gasteiger partial charge on any atom is -0.464 e. The molecule has 3 rings (SSSR count). The fourth-order valence-corrected chi connectivity index (χ4v) is 3.65. The standard InChI is InChI=1S/C17H16N4O2S/c1-3-4-14-20-12-6-5-11(7-13(12)24-14)21-9-10(8-18)15(19)16(21)17(22)23-2/h5-7,9H,3-4,19H2,1-2H3. The number of nitriles is 1. The first-order valence-corrected chi connectivity index (χ1v) is 8.29. The predicted octanol–water partition coefficient (Wildman–Crippen LogP) is 3.28. The quantitative estimate of drug-likeness (QED) is 0.736. The van der Waals surface area contributed by atoms with Crippen LogP contribution in [0.2, 0.25) is 0 Å². The van der Waals surface area contributed by atoms with Gasteiger partial charge in [0.2, 0.25) is 0 Å². The molecule has 0 saturated heterocycles. The summed E-state index contributed by atoms with van der Waals surface area (Å²) in [5.74, 6) is -0.579. The summed E-state index contributed by atoms with van der Waals surface area (Å²) in [5, 5.41) is 10.3. The molecule has 0 radical (unpaired) electrons. The molecule has 7 heteroatoms. The number of esters is 1. The smallest absolute Gasteiger partial charge is 0.357 e. The third-order valence-electron chi connectivity index (χ3n) is 3.70. The molecule has 1 aromatic carbocycles. The third-order valence-corrected chi connectivity index (χ3v) is 4.78. The Morgan fingerprint density at radius 2 is 2.29 bits per heavy atom. The van der Waals surface area contributed by atoms with Crippen LogP contribution in [0, 0.1) is 11.3 Å². The number of aryl methyl sites for hydroxylation is 1. The van der Waals surface area contributed by atoms with Crippen molar-refractivity contribution >= 4 is 33.2 Å². The second kappa shape index (κ2) is 6.34. The van der Waals surface area contributed by atoms with Crippen LogP contribution in [0.5, 0.6) is 0 Å². The number of fused-ring (bicyclic) bond motifs is 1. The molecule has 0 bridgehead atoms. The molecule has 3 aromatic rings. The summed E-state index contributed by atoms with van der Waals surface area (Å²) in [6.45, 7) is 2.12. The zero-order valence-electron chi connectivity index (χ0n) is 13.4. The predicted molar refractivity (Wildman–Crippen MR) is 93.4 cm³/mol. The topological polar surface area (TPSA) is 93.9 Å². The molecule has 0 fully saturated rings. The van der Waals surface area contributed by atoms with Crippen LogP contribution < -0.4 is 5.73 Å². The van der Waals surface area contributed by atoms with E-state index in [9.17, 15) is 10.1 Å². The number of rotatable bonds is 4. The van der Waals surface area contributed by atoms with E-state index < -0.39 is 5.97 Å². The average Bonchev–Trinajstić information content (AvgIpc) is 3.13. The van der Waals surface area contributed by atoms with Gasteiger partial charge in [-0.3, -0.25) is 0 Å². The van der Waals surface area contributed by atoms with Gasteiger partial charge in [-0.05, 0) is 31.0 Å². The molecule has 122 valence electrons. The van der Waals surface area contributed by atoms with Crippen molar-refractivity contribution in [3.63, 3.8) is 0 Å². The second-order valence-electron chi connectivity index (χ2n) is 5.29. The van der Waals surface area contributed by atoms with Gasteiger partial charge in [-0.15, -0.1) is 11.3 Å². The molecule has 24 heavy (non-hydrogen) atoms. The number of nitrogens with two attached hydrogens (primary N) is 1. The summed E-state index contributed by atoms with van der Waals surface area (Å²) in [6, 6.07) is 7.70. The van der Waals surface area contributed by atoms with Gasteiger partial charge in [0.05, 0.1) is 33.6 Å². The van der Waals surface area contributed by atoms with Crippen LogP contribution in [0.1, 0.15) is 34.4 Å². The van der Waals surface area contributed by atoms with Gasteiger partial charge < -0.3 is 15.0 Å². The summed E-state index contributed by atoms with van der Waals surface area (Å²) in [5.41, 5.74) is 8.12. The van der Waals surface area contributed by atoms with Gasteiger partial charge in [0.25, 0.3) is 0 Å². The van der Waals surface area contributed by atoms with E-state index in [1.165, 1.54) is 7.11 Å². The summed E-state index contributed by atoms with van der Waals surface area (Å²) in [6.07, 6.45) is 3.53. The van der Waals surface area contributed by atoms with Crippen molar-refractivity contribution in [2.75, 3.05) is 12.8 Å². The van der Waals surface area contributed by atoms with Crippen LogP contribution in [0.15, 0.2) is 24.4 Å². The lowest BCUT2D eigenvalue weighted by Crippen LogP contribution is -2.11. The number of thiazole rings is 1. The highest BCUT2D eigenvalue weighted by molar-refractivity contribution is 7.18. The van der Waals surface area contributed by atoms with Crippen LogP contribution in [0.25, 0.3) is 15.9 Å². The number of anilines is 1. The zero-order chi connectivity index (χ0) is 17.3. The van der Waals surface area contributed by atoms with Crippen LogP contribution >= 0.6 is 11.3 Å². The molecule has 0 aliphatic rings. The van der Waals surface area contributed by atoms with E-state index in [1.807, 2.05) is 24.3 Å². The summed E-state index contributed by atoms with van der Waals surface area (Å²) < 4.78 is 7.42. The van der Waals surface area contributed by atoms with E-state index in [1.54, 1.807) is 22.1 Å². The van der Waals surface area contributed by atoms with E-state index in [0.29, 0.717) is 0 Å². The van der Waals surface area contributed by atoms with Gasteiger partial charge in [0.15, 0.2) is 5.69 Å². The highest BCUT2D eigenvalue weighted by atomic mass is 32.1. The SMILES string of the molecule is CCCc1nc2ccc(-n3cc(C#N)c(N)c3C(=O)OC)cc2s1. The molecule has 0 unspecified atom stereocenters. The lowest BCUT2D eigenvalue weighted by molar-refractivity contribution is 0.0593. The Morgan fingerprint density at radius 3 is 2.96 bits per heavy atom. The van der Waals surface area contributed by atoms with Gasteiger partial charge in [-0.25, -0.2) is 9.78 Å². The number of methoxy groups -OCH3 is 1. The van der Waals surface area contributed by atoms with Crippen molar-refractivity contribution < 1.29 is 9.53 Å². The number of nitrogen functional groups attached to an aromatic ring is 1. The maximum Gasteiger partial charge on any atom is 0.357 e. The highest BCUT2D eigenvalue weighted by Crippen LogP contribution is 2.29. The lowest BCUT2D eigenvalue weighted by atomic mass is 10.2. The minimum absolute atomic E-state index is 0.125. The Kier molecular flexibility index (Phi) is 4.23. The van der Waals surface area contributed by atoms with E-state index in [-0.39, 0.29) is 16.9 Å². The maximum atomic E-state index is 12.1. The molecule has 0 saturated carbocycles. The highest BCUT2D eigenvalue weighted by Gasteiger charge is 2.22. The van der Waals surface area contributed by atoms with Crippen molar-refractivity contribution in [2.24, 2.45) is 0 Å². The van der Waals surface area contributed by atoms with Crippen molar-refractivity contribution in [2.45, 2.75) is 19.8 Å². The average molecular weight is 340 g/mol. The number of hydrogen-bond donors (Lipinski definition) is 1. The fraction of sp³-hybridized carbons (Fsp3) is 0.235. The van der Waals surface area contributed by atoms with Crippen LogP contribution in [-0.2, 0) is 11.2 Å². The molecule has 0 atom stereocenters. The van der Waals surface area contributed by atoms with E-state index in [4.69, 9.17) is 10.5 Å². The molecule has 0 spiro atoms. The summed E-state index contributed by atoms with van der Waals surface area (Å²) in [4.78, 5) is 16.7. The molecule has 6 nitrogen and oxygen atoms in total. The summed E-state index contributed by atoms with van der Waals surface area (Å²) >= 11 is 1.63. The largest absolute Gasteiger partial charge is 0.464 e. The van der Waals surface area contributed by atoms with Crippen LogP contribution in [0.4, 0.5) is 5.69 Å². The first-order valence-electron chi connectivity index (χ1n) is 7.48. The van der Waals surface area contributed by atoms with Crippen LogP contribution in [-0.4, -0.2) is 22.6 Å². The molecule has 2 N–H and O–H groups in total. The lowest BCUT2D eigenvalue weighted by Gasteiger charge is -2.08. The monoisotopic (exact) mass is 340 g/mol. The molecule has 0 aliphatic heterocycles. The Bertz CT molecular complexity index is 965. The van der Waals surface area contributed by atoms with Crippen LogP contribution in [0.3, 0.4) is 0 Å². The minimum atomic E-state index is -0.579. The van der Waals surface area contributed by atoms with E-state index in [2.05, 4.69) is 11.9 Å². The second-order valence-corrected chi connectivity index (χ2v) is 6.40. The maximum absolute atomic E-state index is 12.1. The Balaban J connectivity index is 2.16. The first kappa shape index (κ1) is 16.0. The van der Waals surface area contributed by atoms with Gasteiger partial charge in [0, 0.05) is 11.9 Å². The summed E-state index contributed by atoms with van der Waals surface area (Å²) in [7, 11) is 1.29.